The Labute approximate surface area is 371 Å². The number of hydrogen-bond acceptors (Lipinski definition) is 15. The van der Waals surface area contributed by atoms with E-state index in [9.17, 15) is 24.0 Å². The van der Waals surface area contributed by atoms with Crippen molar-refractivity contribution < 1.29 is 32.7 Å². The summed E-state index contributed by atoms with van der Waals surface area (Å²) in [6, 6.07) is 31.4. The number of carbonyl (C=O) groups excluding carboxylic acids is 3. The lowest BCUT2D eigenvalue weighted by molar-refractivity contribution is 0.245. The number of carbonyl (C=O) groups is 3. The number of urea groups is 3. The van der Waals surface area contributed by atoms with Gasteiger partial charge in [-0.05, 0) is 105 Å². The number of amides is 6. The topological polar surface area (TPSA) is 276 Å². The summed E-state index contributed by atoms with van der Waals surface area (Å²) in [4.78, 5) is 67.4. The lowest BCUT2D eigenvalue weighted by Gasteiger charge is -2.20. The number of halogens is 2. The summed E-state index contributed by atoms with van der Waals surface area (Å²) in [6.45, 7) is 0. The fourth-order valence-corrected chi connectivity index (χ4v) is 6.74. The molecule has 0 fully saturated rings. The number of aromatic nitrogens is 8. The lowest BCUT2D eigenvalue weighted by atomic mass is 10.0. The Balaban J connectivity index is 0.989. The molecule has 4 heterocycles. The normalized spacial score (nSPS) is 10.9. The molecule has 322 valence electrons. The van der Waals surface area contributed by atoms with Crippen LogP contribution in [0.5, 0.6) is 0 Å². The molecule has 5 aromatic carbocycles. The van der Waals surface area contributed by atoms with Crippen molar-refractivity contribution in [3.05, 3.63) is 159 Å². The molecule has 0 saturated carbocycles. The maximum absolute atomic E-state index is 14.1. The Hall–Kier alpha value is -9.15. The number of anilines is 5. The van der Waals surface area contributed by atoms with Gasteiger partial charge in [0, 0.05) is 27.1 Å². The molecule has 0 aliphatic rings. The van der Waals surface area contributed by atoms with Gasteiger partial charge in [0.1, 0.15) is 0 Å². The maximum Gasteiger partial charge on any atom is 0.446 e. The SMILES string of the molecule is O=C(Nc1ccccc1)Nc1nonc1-c1noc(=O)n1-c1cc(Cl)cc(-c2ccc(NC(=O)N(C(=O)Nc3ccccc3)c3nonc3-c3noc(=O)n3-c3cccc(Cl)c3)cc2)c1. The highest BCUT2D eigenvalue weighted by molar-refractivity contribution is 6.31. The van der Waals surface area contributed by atoms with E-state index in [4.69, 9.17) is 41.5 Å². The molecule has 0 radical (unpaired) electrons. The maximum atomic E-state index is 14.1. The van der Waals surface area contributed by atoms with E-state index in [-0.39, 0.29) is 50.9 Å². The minimum absolute atomic E-state index is 0.128. The summed E-state index contributed by atoms with van der Waals surface area (Å²) in [7, 11) is 0. The number of hydrogen-bond donors (Lipinski definition) is 4. The first kappa shape index (κ1) is 41.2. The number of nitrogens with one attached hydrogen (secondary N) is 4. The van der Waals surface area contributed by atoms with Crippen LogP contribution in [-0.2, 0) is 0 Å². The van der Waals surface area contributed by atoms with Gasteiger partial charge in [-0.3, -0.25) is 14.4 Å². The molecule has 0 spiro atoms. The molecule has 22 nitrogen and oxygen atoms in total. The van der Waals surface area contributed by atoms with Gasteiger partial charge in [0.2, 0.25) is 23.3 Å². The third kappa shape index (κ3) is 8.68. The van der Waals surface area contributed by atoms with Gasteiger partial charge in [-0.25, -0.2) is 42.4 Å². The van der Waals surface area contributed by atoms with Gasteiger partial charge in [-0.15, -0.1) is 0 Å². The summed E-state index contributed by atoms with van der Waals surface area (Å²) in [5.41, 5.74) is 2.10. The zero-order valence-corrected chi connectivity index (χ0v) is 34.1. The van der Waals surface area contributed by atoms with Crippen LogP contribution >= 0.6 is 23.2 Å². The van der Waals surface area contributed by atoms with Crippen molar-refractivity contribution in [1.29, 1.82) is 0 Å². The predicted molar refractivity (Wildman–Crippen MR) is 232 cm³/mol. The lowest BCUT2D eigenvalue weighted by Crippen LogP contribution is -2.43. The highest BCUT2D eigenvalue weighted by Gasteiger charge is 2.34. The van der Waals surface area contributed by atoms with Gasteiger partial charge in [-0.2, -0.15) is 4.90 Å². The molecule has 65 heavy (non-hydrogen) atoms. The molecule has 0 aliphatic heterocycles. The Morgan fingerprint density at radius 2 is 1.08 bits per heavy atom. The second kappa shape index (κ2) is 17.7. The van der Waals surface area contributed by atoms with Gasteiger partial charge in [-0.1, -0.05) is 88.1 Å². The van der Waals surface area contributed by atoms with Crippen molar-refractivity contribution in [3.63, 3.8) is 0 Å². The quantitative estimate of drug-likeness (QED) is 0.101. The molecule has 4 N–H and O–H groups in total. The van der Waals surface area contributed by atoms with Crippen molar-refractivity contribution in [3.8, 4) is 45.5 Å². The summed E-state index contributed by atoms with van der Waals surface area (Å²) in [6.07, 6.45) is 0. The van der Waals surface area contributed by atoms with Crippen LogP contribution in [0.15, 0.2) is 155 Å². The smallest absolute Gasteiger partial charge is 0.308 e. The second-order valence-electron chi connectivity index (χ2n) is 13.4. The van der Waals surface area contributed by atoms with Crippen LogP contribution in [0.4, 0.5) is 43.1 Å². The Bertz CT molecular complexity index is 3330. The van der Waals surface area contributed by atoms with Crippen LogP contribution in [-0.4, -0.2) is 58.2 Å². The Kier molecular flexibility index (Phi) is 11.2. The van der Waals surface area contributed by atoms with Crippen molar-refractivity contribution in [2.75, 3.05) is 26.2 Å². The monoisotopic (exact) mass is 913 g/mol. The van der Waals surface area contributed by atoms with Gasteiger partial charge in [0.15, 0.2) is 11.4 Å². The Morgan fingerprint density at radius 1 is 0.508 bits per heavy atom. The molecule has 6 amide bonds. The molecule has 0 bridgehead atoms. The van der Waals surface area contributed by atoms with E-state index in [1.807, 2.05) is 0 Å². The first-order valence-electron chi connectivity index (χ1n) is 18.7. The minimum Gasteiger partial charge on any atom is -0.308 e. The molecule has 24 heteroatoms. The number of para-hydroxylation sites is 2. The van der Waals surface area contributed by atoms with Crippen LogP contribution in [0.25, 0.3) is 45.5 Å². The van der Waals surface area contributed by atoms with Crippen molar-refractivity contribution in [2.45, 2.75) is 0 Å². The zero-order chi connectivity index (χ0) is 45.0. The zero-order valence-electron chi connectivity index (χ0n) is 32.6. The molecular weight excluding hydrogens is 889 g/mol. The molecule has 0 unspecified atom stereocenters. The van der Waals surface area contributed by atoms with Crippen LogP contribution in [0.1, 0.15) is 0 Å². The Morgan fingerprint density at radius 3 is 1.74 bits per heavy atom. The van der Waals surface area contributed by atoms with Gasteiger partial charge in [0.05, 0.1) is 11.4 Å². The largest absolute Gasteiger partial charge is 0.446 e. The van der Waals surface area contributed by atoms with E-state index < -0.39 is 35.4 Å². The standard InChI is InChI=1S/C41H25Cl2N13O9/c42-24-8-7-13-29(20-24)54-35(52-62-40(54)60)32-36(53-65-49-32)56(38(58)45-27-11-5-2-6-12-27)39(59)46-28-16-14-22(15-17-28)23-18-25(43)21-30(19-23)55-34(51-63-41(55)61)31-33(50-64-48-31)47-37(57)44-26-9-3-1-4-10-26/h1-21H,(H,45,58)(H,46,59)(H2,44,47,50,57). The molecule has 0 saturated heterocycles. The molecule has 0 atom stereocenters. The third-order valence-electron chi connectivity index (χ3n) is 9.18. The summed E-state index contributed by atoms with van der Waals surface area (Å²) >= 11 is 12.8. The van der Waals surface area contributed by atoms with Crippen LogP contribution in [0.2, 0.25) is 10.0 Å². The highest BCUT2D eigenvalue weighted by atomic mass is 35.5. The van der Waals surface area contributed by atoms with Gasteiger partial charge >= 0.3 is 29.6 Å². The second-order valence-corrected chi connectivity index (χ2v) is 14.2. The van der Waals surface area contributed by atoms with E-state index in [0.29, 0.717) is 32.4 Å². The van der Waals surface area contributed by atoms with E-state index >= 15 is 0 Å². The number of rotatable bonds is 10. The van der Waals surface area contributed by atoms with Crippen molar-refractivity contribution in [1.82, 2.24) is 40.1 Å². The molecule has 9 aromatic rings. The van der Waals surface area contributed by atoms with Crippen LogP contribution < -0.4 is 37.7 Å². The number of benzene rings is 5. The molecule has 9 rings (SSSR count). The number of nitrogens with zero attached hydrogens (tertiary/aromatic N) is 9. The highest BCUT2D eigenvalue weighted by Crippen LogP contribution is 2.32. The van der Waals surface area contributed by atoms with Crippen molar-refractivity contribution >= 4 is 70.0 Å². The average molecular weight is 915 g/mol. The van der Waals surface area contributed by atoms with Gasteiger partial charge < -0.3 is 16.0 Å². The van der Waals surface area contributed by atoms with Crippen LogP contribution in [0, 0.1) is 0 Å². The molecule has 0 aliphatic carbocycles. The average Bonchev–Trinajstić information content (AvgIpc) is 4.12. The van der Waals surface area contributed by atoms with E-state index in [1.54, 1.807) is 103 Å². The van der Waals surface area contributed by atoms with Crippen molar-refractivity contribution in [2.24, 2.45) is 0 Å². The first-order valence-corrected chi connectivity index (χ1v) is 19.5. The fourth-order valence-electron chi connectivity index (χ4n) is 6.33. The van der Waals surface area contributed by atoms with E-state index in [1.165, 1.54) is 24.3 Å². The fraction of sp³-hybridized carbons (Fsp3) is 0. The summed E-state index contributed by atoms with van der Waals surface area (Å²) < 4.78 is 21.9. The van der Waals surface area contributed by atoms with Crippen LogP contribution in [0.3, 0.4) is 0 Å². The van der Waals surface area contributed by atoms with Gasteiger partial charge in [0.25, 0.3) is 0 Å². The third-order valence-corrected chi connectivity index (χ3v) is 9.63. The van der Waals surface area contributed by atoms with E-state index in [0.717, 1.165) is 9.13 Å². The predicted octanol–water partition coefficient (Wildman–Crippen LogP) is 7.95. The summed E-state index contributed by atoms with van der Waals surface area (Å²) in [5.74, 6) is -2.89. The minimum atomic E-state index is -1.03. The summed E-state index contributed by atoms with van der Waals surface area (Å²) in [5, 5.41) is 33.9. The number of imide groups is 1. The first-order chi connectivity index (χ1) is 31.6. The molecular formula is C41H25Cl2N13O9. The van der Waals surface area contributed by atoms with E-state index in [2.05, 4.69) is 52.2 Å². The molecule has 4 aromatic heterocycles.